The average molecular weight is 322 g/mol. The molecule has 1 aliphatic heterocycles. The van der Waals surface area contributed by atoms with Gasteiger partial charge >= 0.3 is 0 Å². The van der Waals surface area contributed by atoms with Crippen LogP contribution in [0.1, 0.15) is 20.3 Å². The molecule has 0 bridgehead atoms. The largest absolute Gasteiger partial charge is 0.367 e. The van der Waals surface area contributed by atoms with Crippen molar-refractivity contribution in [3.63, 3.8) is 0 Å². The zero-order valence-electron chi connectivity index (χ0n) is 12.9. The fraction of sp³-hybridized carbons (Fsp3) is 0.533. The van der Waals surface area contributed by atoms with E-state index in [9.17, 15) is 4.79 Å². The van der Waals surface area contributed by atoms with Crippen LogP contribution in [0.3, 0.4) is 0 Å². The van der Waals surface area contributed by atoms with Gasteiger partial charge in [-0.3, -0.25) is 4.79 Å². The molecule has 0 spiro atoms. The molecule has 0 saturated carbocycles. The Morgan fingerprint density at radius 2 is 2.05 bits per heavy atom. The lowest BCUT2D eigenvalue weighted by Crippen LogP contribution is -2.49. The number of rotatable bonds is 4. The van der Waals surface area contributed by atoms with Crippen LogP contribution in [0.5, 0.6) is 0 Å². The first kappa shape index (κ1) is 16.5. The first-order valence-corrected chi connectivity index (χ1v) is 7.76. The normalized spacial score (nSPS) is 14.9. The number of anilines is 1. The molecular weight excluding hydrogens is 302 g/mol. The monoisotopic (exact) mass is 321 g/mol. The fourth-order valence-corrected chi connectivity index (χ4v) is 2.84. The van der Waals surface area contributed by atoms with E-state index < -0.39 is 0 Å². The summed E-state index contributed by atoms with van der Waals surface area (Å²) in [4.78, 5) is 18.9. The number of amides is 1. The molecular formula is C15H20ClN5O. The van der Waals surface area contributed by atoms with E-state index in [-0.39, 0.29) is 5.91 Å². The Kier molecular flexibility index (Phi) is 5.52. The lowest BCUT2D eigenvalue weighted by Gasteiger charge is -2.36. The van der Waals surface area contributed by atoms with Crippen molar-refractivity contribution in [2.24, 2.45) is 11.0 Å². The van der Waals surface area contributed by atoms with Gasteiger partial charge in [-0.1, -0.05) is 36.6 Å². The van der Waals surface area contributed by atoms with Gasteiger partial charge in [0.1, 0.15) is 0 Å². The summed E-state index contributed by atoms with van der Waals surface area (Å²) in [5.74, 6) is 0.604. The molecule has 0 atom stereocenters. The van der Waals surface area contributed by atoms with Crippen LogP contribution in [0.2, 0.25) is 5.02 Å². The quantitative estimate of drug-likeness (QED) is 0.478. The van der Waals surface area contributed by atoms with Crippen LogP contribution in [0.25, 0.3) is 10.4 Å². The second kappa shape index (κ2) is 7.38. The Morgan fingerprint density at radius 1 is 1.36 bits per heavy atom. The number of azide groups is 1. The van der Waals surface area contributed by atoms with Crippen LogP contribution in [0.15, 0.2) is 23.3 Å². The number of carbonyl (C=O) groups excluding carboxylic acids is 1. The van der Waals surface area contributed by atoms with E-state index >= 15 is 0 Å². The number of hydrogen-bond acceptors (Lipinski definition) is 3. The number of halogens is 1. The molecule has 0 aliphatic carbocycles. The van der Waals surface area contributed by atoms with Crippen molar-refractivity contribution in [2.75, 3.05) is 31.1 Å². The molecule has 1 heterocycles. The third-order valence-corrected chi connectivity index (χ3v) is 3.95. The van der Waals surface area contributed by atoms with Crippen LogP contribution < -0.4 is 4.90 Å². The topological polar surface area (TPSA) is 72.3 Å². The van der Waals surface area contributed by atoms with Gasteiger partial charge in [0.25, 0.3) is 0 Å². The van der Waals surface area contributed by atoms with E-state index in [4.69, 9.17) is 17.1 Å². The minimum Gasteiger partial charge on any atom is -0.367 e. The number of piperazine rings is 1. The van der Waals surface area contributed by atoms with Gasteiger partial charge in [-0.25, -0.2) is 0 Å². The number of benzene rings is 1. The summed E-state index contributed by atoms with van der Waals surface area (Å²) in [5.41, 5.74) is 9.85. The van der Waals surface area contributed by atoms with Crippen LogP contribution in [0, 0.1) is 5.92 Å². The summed E-state index contributed by atoms with van der Waals surface area (Å²) in [7, 11) is 0. The minimum atomic E-state index is 0.222. The molecule has 1 amide bonds. The number of hydrogen-bond donors (Lipinski definition) is 0. The van der Waals surface area contributed by atoms with Crippen LogP contribution in [0.4, 0.5) is 11.4 Å². The van der Waals surface area contributed by atoms with Crippen LogP contribution in [-0.4, -0.2) is 37.0 Å². The molecule has 1 aliphatic rings. The van der Waals surface area contributed by atoms with Gasteiger partial charge < -0.3 is 9.80 Å². The highest BCUT2D eigenvalue weighted by Gasteiger charge is 2.22. The van der Waals surface area contributed by atoms with E-state index in [1.54, 1.807) is 12.1 Å². The molecule has 0 aromatic heterocycles. The van der Waals surface area contributed by atoms with Crippen LogP contribution >= 0.6 is 11.6 Å². The van der Waals surface area contributed by atoms with E-state index in [1.807, 2.05) is 11.0 Å². The second-order valence-corrected chi connectivity index (χ2v) is 6.20. The first-order valence-electron chi connectivity index (χ1n) is 7.38. The molecule has 7 heteroatoms. The predicted octanol–water partition coefficient (Wildman–Crippen LogP) is 3.98. The highest BCUT2D eigenvalue weighted by Crippen LogP contribution is 2.30. The third kappa shape index (κ3) is 4.06. The van der Waals surface area contributed by atoms with Gasteiger partial charge in [0.2, 0.25) is 5.91 Å². The molecule has 1 saturated heterocycles. The average Bonchev–Trinajstić information content (AvgIpc) is 2.47. The molecule has 1 fully saturated rings. The van der Waals surface area contributed by atoms with Crippen LogP contribution in [-0.2, 0) is 4.79 Å². The molecule has 6 nitrogen and oxygen atoms in total. The summed E-state index contributed by atoms with van der Waals surface area (Å²) in [5, 5.41) is 4.10. The Morgan fingerprint density at radius 3 is 2.59 bits per heavy atom. The van der Waals surface area contributed by atoms with Crippen molar-refractivity contribution in [3.05, 3.63) is 33.7 Å². The second-order valence-electron chi connectivity index (χ2n) is 5.79. The van der Waals surface area contributed by atoms with E-state index in [2.05, 4.69) is 28.8 Å². The van der Waals surface area contributed by atoms with Crippen molar-refractivity contribution >= 4 is 28.9 Å². The van der Waals surface area contributed by atoms with Gasteiger partial charge in [0.05, 0.1) is 10.7 Å². The zero-order chi connectivity index (χ0) is 16.1. The molecule has 0 unspecified atom stereocenters. The molecule has 1 aromatic carbocycles. The highest BCUT2D eigenvalue weighted by atomic mass is 35.5. The highest BCUT2D eigenvalue weighted by molar-refractivity contribution is 6.33. The summed E-state index contributed by atoms with van der Waals surface area (Å²) in [6.07, 6.45) is 0.599. The van der Waals surface area contributed by atoms with Gasteiger partial charge in [-0.15, -0.1) is 0 Å². The summed E-state index contributed by atoms with van der Waals surface area (Å²) in [6.45, 7) is 7.03. The zero-order valence-corrected chi connectivity index (χ0v) is 13.6. The van der Waals surface area contributed by atoms with Gasteiger partial charge in [0, 0.05) is 43.2 Å². The predicted molar refractivity (Wildman–Crippen MR) is 88.5 cm³/mol. The number of carbonyl (C=O) groups is 1. The van der Waals surface area contributed by atoms with Crippen molar-refractivity contribution < 1.29 is 4.79 Å². The maximum absolute atomic E-state index is 12.1. The molecule has 1 aromatic rings. The van der Waals surface area contributed by atoms with Crippen molar-refractivity contribution in [3.8, 4) is 0 Å². The summed E-state index contributed by atoms with van der Waals surface area (Å²) < 4.78 is 0. The van der Waals surface area contributed by atoms with E-state index in [0.29, 0.717) is 36.1 Å². The SMILES string of the molecule is CC(C)CC(=O)N1CCN(c2ccc(N=[N+]=[N-])cc2Cl)CC1. The lowest BCUT2D eigenvalue weighted by atomic mass is 10.1. The Labute approximate surface area is 135 Å². The molecule has 22 heavy (non-hydrogen) atoms. The Hall–Kier alpha value is -1.91. The van der Waals surface area contributed by atoms with Gasteiger partial charge in [0.15, 0.2) is 0 Å². The molecule has 0 radical (unpaired) electrons. The minimum absolute atomic E-state index is 0.222. The first-order chi connectivity index (χ1) is 10.5. The Balaban J connectivity index is 2.00. The summed E-state index contributed by atoms with van der Waals surface area (Å²) in [6, 6.07) is 5.27. The van der Waals surface area contributed by atoms with Crippen molar-refractivity contribution in [2.45, 2.75) is 20.3 Å². The van der Waals surface area contributed by atoms with Crippen molar-refractivity contribution in [1.29, 1.82) is 0 Å². The maximum Gasteiger partial charge on any atom is 0.222 e. The molecule has 0 N–H and O–H groups in total. The van der Waals surface area contributed by atoms with E-state index in [1.165, 1.54) is 0 Å². The van der Waals surface area contributed by atoms with Gasteiger partial charge in [-0.05, 0) is 23.6 Å². The Bertz CT molecular complexity index is 590. The smallest absolute Gasteiger partial charge is 0.222 e. The van der Waals surface area contributed by atoms with Crippen molar-refractivity contribution in [1.82, 2.24) is 4.90 Å². The standard InChI is InChI=1S/C15H20ClN5O/c1-11(2)9-15(22)21-7-5-20(6-8-21)14-4-3-12(18-19-17)10-13(14)16/h3-4,10-11H,5-9H2,1-2H3. The molecule has 2 rings (SSSR count). The number of nitrogens with zero attached hydrogens (tertiary/aromatic N) is 5. The lowest BCUT2D eigenvalue weighted by molar-refractivity contribution is -0.132. The summed E-state index contributed by atoms with van der Waals surface area (Å²) >= 11 is 6.26. The van der Waals surface area contributed by atoms with E-state index in [0.717, 1.165) is 18.8 Å². The van der Waals surface area contributed by atoms with Gasteiger partial charge in [-0.2, -0.15) is 0 Å². The maximum atomic E-state index is 12.1. The fourth-order valence-electron chi connectivity index (χ4n) is 2.54. The molecule has 118 valence electrons. The third-order valence-electron chi connectivity index (χ3n) is 3.65.